The first-order valence-corrected chi connectivity index (χ1v) is 12.2. The van der Waals surface area contributed by atoms with Gasteiger partial charge >= 0.3 is 0 Å². The van der Waals surface area contributed by atoms with Crippen LogP contribution in [-0.4, -0.2) is 41.8 Å². The second-order valence-corrected chi connectivity index (χ2v) is 9.96. The number of nitrogens with zero attached hydrogens (tertiary/aromatic N) is 3. The fraction of sp³-hybridized carbons (Fsp3) is 0.417. The predicted octanol–water partition coefficient (Wildman–Crippen LogP) is 5.58. The fourth-order valence-electron chi connectivity index (χ4n) is 4.32. The van der Waals surface area contributed by atoms with E-state index in [0.717, 1.165) is 54.5 Å². The lowest BCUT2D eigenvalue weighted by Crippen LogP contribution is -2.31. The molecule has 4 rings (SSSR count). The monoisotopic (exact) mass is 517 g/mol. The number of anilines is 2. The van der Waals surface area contributed by atoms with Gasteiger partial charge in [-0.2, -0.15) is 4.98 Å². The van der Waals surface area contributed by atoms with E-state index in [-0.39, 0.29) is 5.75 Å². The normalized spacial score (nSPS) is 18.6. The Morgan fingerprint density at radius 1 is 1.12 bits per heavy atom. The lowest BCUT2D eigenvalue weighted by atomic mass is 9.86. The number of para-hydroxylation sites is 1. The first-order valence-electron chi connectivity index (χ1n) is 11.0. The minimum Gasteiger partial charge on any atom is -0.506 e. The molecule has 0 amide bonds. The number of rotatable bonds is 7. The van der Waals surface area contributed by atoms with E-state index in [1.807, 2.05) is 37.2 Å². The molecule has 0 aliphatic heterocycles. The van der Waals surface area contributed by atoms with Crippen molar-refractivity contribution in [3.05, 3.63) is 51.5 Å². The molecule has 0 radical (unpaired) electrons. The molecule has 170 valence electrons. The number of halogens is 2. The van der Waals surface area contributed by atoms with E-state index < -0.39 is 0 Å². The van der Waals surface area contributed by atoms with Gasteiger partial charge in [-0.15, -0.1) is 0 Å². The Morgan fingerprint density at radius 3 is 2.62 bits per heavy atom. The molecular weight excluding hydrogens is 490 g/mol. The van der Waals surface area contributed by atoms with Crippen molar-refractivity contribution in [1.82, 2.24) is 15.3 Å². The second kappa shape index (κ2) is 10.2. The topological polar surface area (TPSA) is 73.3 Å². The first kappa shape index (κ1) is 23.1. The highest BCUT2D eigenvalue weighted by Crippen LogP contribution is 2.32. The van der Waals surface area contributed by atoms with Gasteiger partial charge in [0.1, 0.15) is 11.6 Å². The van der Waals surface area contributed by atoms with Crippen LogP contribution in [0, 0.1) is 5.92 Å². The van der Waals surface area contributed by atoms with Crippen LogP contribution in [0.2, 0.25) is 5.02 Å². The SMILES string of the molecule is CN(C)c1nc(N[C@H]2CC[C@@H](CNCc3cc(Cl)cc(Br)c3O)CC2)nc2ccccc12. The molecule has 0 atom stereocenters. The van der Waals surface area contributed by atoms with E-state index in [2.05, 4.69) is 32.6 Å². The van der Waals surface area contributed by atoms with Gasteiger partial charge in [0.2, 0.25) is 5.95 Å². The molecule has 1 aliphatic carbocycles. The Morgan fingerprint density at radius 2 is 1.88 bits per heavy atom. The van der Waals surface area contributed by atoms with E-state index in [1.165, 1.54) is 0 Å². The van der Waals surface area contributed by atoms with Crippen LogP contribution in [0.3, 0.4) is 0 Å². The van der Waals surface area contributed by atoms with Crippen LogP contribution >= 0.6 is 27.5 Å². The number of nitrogens with one attached hydrogen (secondary N) is 2. The molecule has 3 aromatic rings. The molecule has 0 spiro atoms. The van der Waals surface area contributed by atoms with Crippen LogP contribution < -0.4 is 15.5 Å². The maximum absolute atomic E-state index is 10.2. The van der Waals surface area contributed by atoms with Gasteiger partial charge in [0.05, 0.1) is 9.99 Å². The third-order valence-corrected chi connectivity index (χ3v) is 6.86. The molecule has 3 N–H and O–H groups in total. The number of fused-ring (bicyclic) bond motifs is 1. The molecule has 32 heavy (non-hydrogen) atoms. The zero-order chi connectivity index (χ0) is 22.7. The highest BCUT2D eigenvalue weighted by Gasteiger charge is 2.22. The summed E-state index contributed by atoms with van der Waals surface area (Å²) in [5.41, 5.74) is 1.77. The van der Waals surface area contributed by atoms with Crippen molar-refractivity contribution in [2.45, 2.75) is 38.3 Å². The van der Waals surface area contributed by atoms with Gasteiger partial charge in [-0.25, -0.2) is 4.98 Å². The zero-order valence-corrected chi connectivity index (χ0v) is 20.7. The average Bonchev–Trinajstić information content (AvgIpc) is 2.77. The number of hydrogen-bond acceptors (Lipinski definition) is 6. The summed E-state index contributed by atoms with van der Waals surface area (Å²) < 4.78 is 0.627. The molecule has 0 bridgehead atoms. The predicted molar refractivity (Wildman–Crippen MR) is 136 cm³/mol. The molecule has 1 fully saturated rings. The highest BCUT2D eigenvalue weighted by molar-refractivity contribution is 9.10. The van der Waals surface area contributed by atoms with Crippen LogP contribution in [0.4, 0.5) is 11.8 Å². The van der Waals surface area contributed by atoms with Gasteiger partial charge in [-0.3, -0.25) is 0 Å². The quantitative estimate of drug-likeness (QED) is 0.379. The van der Waals surface area contributed by atoms with Gasteiger partial charge in [-0.05, 0) is 78.3 Å². The number of hydrogen-bond donors (Lipinski definition) is 3. The maximum Gasteiger partial charge on any atom is 0.225 e. The summed E-state index contributed by atoms with van der Waals surface area (Å²) in [5, 5.41) is 18.9. The number of phenols is 1. The van der Waals surface area contributed by atoms with E-state index in [1.54, 1.807) is 12.1 Å². The summed E-state index contributed by atoms with van der Waals surface area (Å²) in [6.07, 6.45) is 4.47. The van der Waals surface area contributed by atoms with Crippen LogP contribution in [0.15, 0.2) is 40.9 Å². The van der Waals surface area contributed by atoms with Crippen molar-refractivity contribution in [2.75, 3.05) is 30.9 Å². The largest absolute Gasteiger partial charge is 0.506 e. The summed E-state index contributed by atoms with van der Waals surface area (Å²) >= 11 is 9.45. The number of benzene rings is 2. The number of aromatic hydroxyl groups is 1. The Hall–Kier alpha value is -2.09. The lowest BCUT2D eigenvalue weighted by Gasteiger charge is -2.29. The van der Waals surface area contributed by atoms with Crippen molar-refractivity contribution < 1.29 is 5.11 Å². The van der Waals surface area contributed by atoms with E-state index in [0.29, 0.717) is 33.9 Å². The molecule has 1 heterocycles. The lowest BCUT2D eigenvalue weighted by molar-refractivity contribution is 0.323. The molecule has 8 heteroatoms. The zero-order valence-electron chi connectivity index (χ0n) is 18.4. The van der Waals surface area contributed by atoms with E-state index >= 15 is 0 Å². The van der Waals surface area contributed by atoms with Crippen molar-refractivity contribution >= 4 is 50.2 Å². The van der Waals surface area contributed by atoms with Crippen molar-refractivity contribution in [2.24, 2.45) is 5.92 Å². The van der Waals surface area contributed by atoms with Gasteiger partial charge < -0.3 is 20.6 Å². The fourth-order valence-corrected chi connectivity index (χ4v) is 5.20. The molecule has 0 unspecified atom stereocenters. The van der Waals surface area contributed by atoms with E-state index in [9.17, 15) is 5.11 Å². The van der Waals surface area contributed by atoms with Gasteiger partial charge in [0, 0.05) is 42.7 Å². The minimum absolute atomic E-state index is 0.252. The molecule has 6 nitrogen and oxygen atoms in total. The van der Waals surface area contributed by atoms with Gasteiger partial charge in [0.15, 0.2) is 0 Å². The molecule has 2 aromatic carbocycles. The first-order chi connectivity index (χ1) is 15.4. The third-order valence-electron chi connectivity index (χ3n) is 6.04. The summed E-state index contributed by atoms with van der Waals surface area (Å²) in [4.78, 5) is 11.5. The molecule has 1 aliphatic rings. The summed E-state index contributed by atoms with van der Waals surface area (Å²) in [6.45, 7) is 1.52. The maximum atomic E-state index is 10.2. The van der Waals surface area contributed by atoms with Crippen molar-refractivity contribution in [1.29, 1.82) is 0 Å². The second-order valence-electron chi connectivity index (χ2n) is 8.67. The molecular formula is C24H29BrClN5O. The Bertz CT molecular complexity index is 1090. The van der Waals surface area contributed by atoms with Crippen molar-refractivity contribution in [3.8, 4) is 5.75 Å². The summed E-state index contributed by atoms with van der Waals surface area (Å²) in [6, 6.07) is 12.0. The molecule has 1 saturated carbocycles. The minimum atomic E-state index is 0.252. The average molecular weight is 519 g/mol. The van der Waals surface area contributed by atoms with Crippen LogP contribution in [0.25, 0.3) is 10.9 Å². The Kier molecular flexibility index (Phi) is 7.38. The molecule has 1 aromatic heterocycles. The smallest absolute Gasteiger partial charge is 0.225 e. The van der Waals surface area contributed by atoms with Gasteiger partial charge in [-0.1, -0.05) is 23.7 Å². The van der Waals surface area contributed by atoms with E-state index in [4.69, 9.17) is 21.6 Å². The summed E-state index contributed by atoms with van der Waals surface area (Å²) in [7, 11) is 4.02. The summed E-state index contributed by atoms with van der Waals surface area (Å²) in [5.74, 6) is 2.51. The Labute approximate surface area is 202 Å². The number of phenolic OH excluding ortho intramolecular Hbond substituents is 1. The number of aromatic nitrogens is 2. The van der Waals surface area contributed by atoms with Crippen molar-refractivity contribution in [3.63, 3.8) is 0 Å². The standard InChI is InChI=1S/C24H29BrClN5O/c1-31(2)23-19-5-3-4-6-21(19)29-24(30-23)28-18-9-7-15(8-10-18)13-27-14-16-11-17(26)12-20(25)22(16)32/h3-6,11-12,15,18,27,32H,7-10,13-14H2,1-2H3,(H,28,29,30)/t15-,18+. The van der Waals surface area contributed by atoms with Gasteiger partial charge in [0.25, 0.3) is 0 Å². The molecule has 0 saturated heterocycles. The highest BCUT2D eigenvalue weighted by atomic mass is 79.9. The third kappa shape index (κ3) is 5.45. The van der Waals surface area contributed by atoms with Crippen LogP contribution in [0.5, 0.6) is 5.75 Å². The van der Waals surface area contributed by atoms with Crippen LogP contribution in [0.1, 0.15) is 31.2 Å². The van der Waals surface area contributed by atoms with Crippen LogP contribution in [-0.2, 0) is 6.54 Å². The Balaban J connectivity index is 1.30.